The molecular weight excluding hydrogens is 200 g/mol. The average Bonchev–Trinajstić information content (AvgIpc) is 2.62. The van der Waals surface area contributed by atoms with E-state index < -0.39 is 12.2 Å². The fraction of sp³-hybridized carbons (Fsp3) is 0.667. The number of aliphatic hydroxyl groups excluding tert-OH is 2. The quantitative estimate of drug-likeness (QED) is 0.727. The molecule has 2 atom stereocenters. The maximum Gasteiger partial charge on any atom is 0.0938 e. The molecule has 0 aromatic carbocycles. The summed E-state index contributed by atoms with van der Waals surface area (Å²) in [7, 11) is 0. The first-order chi connectivity index (χ1) is 6.65. The minimum atomic E-state index is -0.594. The molecule has 0 radical (unpaired) electrons. The average molecular weight is 214 g/mol. The monoisotopic (exact) mass is 214 g/mol. The smallest absolute Gasteiger partial charge is 0.0938 e. The fourth-order valence-corrected chi connectivity index (χ4v) is 2.51. The molecule has 0 bridgehead atoms. The number of aromatic nitrogens is 1. The Hall–Kier alpha value is -0.490. The summed E-state index contributed by atoms with van der Waals surface area (Å²) >= 11 is 1.66. The molecule has 4 nitrogen and oxygen atoms in total. The molecule has 5 heteroatoms. The number of likely N-dealkylation sites (tertiary alicyclic amines) is 1. The van der Waals surface area contributed by atoms with E-state index in [1.807, 2.05) is 18.0 Å². The normalized spacial score (nSPS) is 28.5. The molecule has 2 rings (SSSR count). The maximum absolute atomic E-state index is 9.35. The number of aryl methyl sites for hydroxylation is 1. The highest BCUT2D eigenvalue weighted by Crippen LogP contribution is 2.18. The third kappa shape index (κ3) is 2.12. The van der Waals surface area contributed by atoms with Crippen LogP contribution >= 0.6 is 11.3 Å². The molecule has 1 fully saturated rings. The fourth-order valence-electron chi connectivity index (χ4n) is 1.67. The van der Waals surface area contributed by atoms with E-state index in [0.29, 0.717) is 13.1 Å². The van der Waals surface area contributed by atoms with E-state index in [0.717, 1.165) is 11.6 Å². The lowest BCUT2D eigenvalue weighted by atomic mass is 10.3. The van der Waals surface area contributed by atoms with Crippen molar-refractivity contribution in [2.75, 3.05) is 13.1 Å². The van der Waals surface area contributed by atoms with Crippen molar-refractivity contribution < 1.29 is 10.2 Å². The summed E-state index contributed by atoms with van der Waals surface area (Å²) in [6, 6.07) is 0. The Bertz CT molecular complexity index is 306. The summed E-state index contributed by atoms with van der Waals surface area (Å²) in [5.41, 5.74) is 0. The predicted octanol–water partition coefficient (Wildman–Crippen LogP) is -0.0111. The second kappa shape index (κ2) is 3.94. The standard InChI is InChI=1S/C9H14N2O2S/c1-6-10-2-7(14-6)3-11-4-8(12)9(13)5-11/h2,8-9,12-13H,3-5H2,1H3/t8-,9+. The number of hydrogen-bond acceptors (Lipinski definition) is 5. The van der Waals surface area contributed by atoms with Gasteiger partial charge in [-0.2, -0.15) is 0 Å². The van der Waals surface area contributed by atoms with Crippen LogP contribution in [-0.4, -0.2) is 45.4 Å². The third-order valence-corrected chi connectivity index (χ3v) is 3.28. The summed E-state index contributed by atoms with van der Waals surface area (Å²) in [6.45, 7) is 3.86. The van der Waals surface area contributed by atoms with E-state index in [1.165, 1.54) is 4.88 Å². The first kappa shape index (κ1) is 10.0. The molecule has 0 aliphatic carbocycles. The van der Waals surface area contributed by atoms with Crippen molar-refractivity contribution in [1.29, 1.82) is 0 Å². The summed E-state index contributed by atoms with van der Waals surface area (Å²) in [6.07, 6.45) is 0.671. The molecule has 0 spiro atoms. The van der Waals surface area contributed by atoms with Crippen LogP contribution in [0.1, 0.15) is 9.88 Å². The molecule has 2 N–H and O–H groups in total. The van der Waals surface area contributed by atoms with Crippen LogP contribution in [0.4, 0.5) is 0 Å². The van der Waals surface area contributed by atoms with Gasteiger partial charge in [-0.05, 0) is 6.92 Å². The summed E-state index contributed by atoms with van der Waals surface area (Å²) in [5.74, 6) is 0. The van der Waals surface area contributed by atoms with Gasteiger partial charge in [0.1, 0.15) is 0 Å². The van der Waals surface area contributed by atoms with Crippen LogP contribution in [0.3, 0.4) is 0 Å². The lowest BCUT2D eigenvalue weighted by Crippen LogP contribution is -2.22. The SMILES string of the molecule is Cc1ncc(CN2C[C@@H](O)[C@@H](O)C2)s1. The van der Waals surface area contributed by atoms with Crippen molar-refractivity contribution in [1.82, 2.24) is 9.88 Å². The van der Waals surface area contributed by atoms with Crippen LogP contribution in [0.15, 0.2) is 6.20 Å². The van der Waals surface area contributed by atoms with E-state index in [-0.39, 0.29) is 0 Å². The molecule has 1 aromatic heterocycles. The Kier molecular flexibility index (Phi) is 2.83. The highest BCUT2D eigenvalue weighted by molar-refractivity contribution is 7.11. The molecule has 1 aliphatic heterocycles. The minimum Gasteiger partial charge on any atom is -0.389 e. The Morgan fingerprint density at radius 2 is 2.14 bits per heavy atom. The van der Waals surface area contributed by atoms with Gasteiger partial charge in [-0.1, -0.05) is 0 Å². The van der Waals surface area contributed by atoms with Crippen LogP contribution in [-0.2, 0) is 6.54 Å². The minimum absolute atomic E-state index is 0.554. The zero-order chi connectivity index (χ0) is 10.1. The van der Waals surface area contributed by atoms with Gasteiger partial charge < -0.3 is 10.2 Å². The van der Waals surface area contributed by atoms with E-state index in [1.54, 1.807) is 11.3 Å². The molecule has 1 saturated heterocycles. The zero-order valence-corrected chi connectivity index (χ0v) is 8.87. The van der Waals surface area contributed by atoms with Gasteiger partial charge in [0.25, 0.3) is 0 Å². The Balaban J connectivity index is 1.93. The van der Waals surface area contributed by atoms with E-state index in [9.17, 15) is 10.2 Å². The Morgan fingerprint density at radius 1 is 1.50 bits per heavy atom. The molecule has 2 heterocycles. The molecule has 1 aromatic rings. The molecule has 0 saturated carbocycles. The summed E-state index contributed by atoms with van der Waals surface area (Å²) in [5, 5.41) is 19.8. The van der Waals surface area contributed by atoms with Gasteiger partial charge in [0.05, 0.1) is 17.2 Å². The molecule has 14 heavy (non-hydrogen) atoms. The van der Waals surface area contributed by atoms with Crippen LogP contribution in [0.5, 0.6) is 0 Å². The Morgan fingerprint density at radius 3 is 2.64 bits per heavy atom. The molecule has 1 aliphatic rings. The summed E-state index contributed by atoms with van der Waals surface area (Å²) < 4.78 is 0. The number of aliphatic hydroxyl groups is 2. The zero-order valence-electron chi connectivity index (χ0n) is 8.05. The Labute approximate surface area is 86.8 Å². The van der Waals surface area contributed by atoms with Crippen molar-refractivity contribution >= 4 is 11.3 Å². The van der Waals surface area contributed by atoms with Crippen molar-refractivity contribution in [3.63, 3.8) is 0 Å². The van der Waals surface area contributed by atoms with E-state index in [4.69, 9.17) is 0 Å². The van der Waals surface area contributed by atoms with E-state index >= 15 is 0 Å². The molecular formula is C9H14N2O2S. The number of nitrogens with zero attached hydrogens (tertiary/aromatic N) is 2. The lowest BCUT2D eigenvalue weighted by molar-refractivity contribution is 0.0572. The number of hydrogen-bond donors (Lipinski definition) is 2. The van der Waals surface area contributed by atoms with Crippen LogP contribution < -0.4 is 0 Å². The van der Waals surface area contributed by atoms with Gasteiger partial charge >= 0.3 is 0 Å². The van der Waals surface area contributed by atoms with Gasteiger partial charge in [0.2, 0.25) is 0 Å². The van der Waals surface area contributed by atoms with E-state index in [2.05, 4.69) is 4.98 Å². The number of β-amino-alcohol motifs (C(OH)–C–C–N with tert-alkyl or cyclic N) is 2. The topological polar surface area (TPSA) is 56.6 Å². The molecule has 0 unspecified atom stereocenters. The third-order valence-electron chi connectivity index (χ3n) is 2.38. The van der Waals surface area contributed by atoms with Crippen molar-refractivity contribution in [2.45, 2.75) is 25.7 Å². The van der Waals surface area contributed by atoms with Gasteiger partial charge in [0.15, 0.2) is 0 Å². The maximum atomic E-state index is 9.35. The van der Waals surface area contributed by atoms with Gasteiger partial charge in [-0.25, -0.2) is 4.98 Å². The number of thiazole rings is 1. The van der Waals surface area contributed by atoms with Crippen molar-refractivity contribution in [3.05, 3.63) is 16.1 Å². The highest BCUT2D eigenvalue weighted by atomic mass is 32.1. The van der Waals surface area contributed by atoms with Crippen molar-refractivity contribution in [3.8, 4) is 0 Å². The summed E-state index contributed by atoms with van der Waals surface area (Å²) in [4.78, 5) is 7.39. The predicted molar refractivity (Wildman–Crippen MR) is 54.1 cm³/mol. The first-order valence-electron chi connectivity index (χ1n) is 4.65. The van der Waals surface area contributed by atoms with Crippen LogP contribution in [0, 0.1) is 6.92 Å². The highest BCUT2D eigenvalue weighted by Gasteiger charge is 2.29. The first-order valence-corrected chi connectivity index (χ1v) is 5.46. The van der Waals surface area contributed by atoms with Crippen LogP contribution in [0.2, 0.25) is 0 Å². The second-order valence-corrected chi connectivity index (χ2v) is 4.99. The largest absolute Gasteiger partial charge is 0.389 e. The van der Waals surface area contributed by atoms with Gasteiger partial charge in [0, 0.05) is 30.7 Å². The molecule has 78 valence electrons. The van der Waals surface area contributed by atoms with Gasteiger partial charge in [-0.15, -0.1) is 11.3 Å². The lowest BCUT2D eigenvalue weighted by Gasteiger charge is -2.12. The molecule has 0 amide bonds. The second-order valence-electron chi connectivity index (χ2n) is 3.67. The van der Waals surface area contributed by atoms with Crippen molar-refractivity contribution in [2.24, 2.45) is 0 Å². The van der Waals surface area contributed by atoms with Gasteiger partial charge in [-0.3, -0.25) is 4.90 Å². The number of rotatable bonds is 2. The van der Waals surface area contributed by atoms with Crippen LogP contribution in [0.25, 0.3) is 0 Å².